The van der Waals surface area contributed by atoms with E-state index in [0.29, 0.717) is 24.6 Å². The zero-order valence-corrected chi connectivity index (χ0v) is 19.5. The van der Waals surface area contributed by atoms with Crippen LogP contribution in [0.2, 0.25) is 0 Å². The lowest BCUT2D eigenvalue weighted by Crippen LogP contribution is -2.41. The first-order valence-corrected chi connectivity index (χ1v) is 11.7. The van der Waals surface area contributed by atoms with E-state index in [9.17, 15) is 5.11 Å². The molecular weight excluding hydrogens is 358 g/mol. The van der Waals surface area contributed by atoms with E-state index in [4.69, 9.17) is 4.74 Å². The fourth-order valence-corrected chi connectivity index (χ4v) is 6.06. The maximum absolute atomic E-state index is 10.4. The average Bonchev–Trinajstić information content (AvgIpc) is 3.26. The summed E-state index contributed by atoms with van der Waals surface area (Å²) >= 11 is 0. The lowest BCUT2D eigenvalue weighted by atomic mass is 9.72. The Hall–Kier alpha value is -1.06. The van der Waals surface area contributed by atoms with Gasteiger partial charge in [-0.1, -0.05) is 53.2 Å². The number of aliphatic hydroxyl groups excluding tert-OH is 1. The smallest absolute Gasteiger partial charge is 0.119 e. The number of fused-ring (bicyclic) bond motifs is 2. The first-order valence-electron chi connectivity index (χ1n) is 11.7. The van der Waals surface area contributed by atoms with Crippen LogP contribution in [-0.2, 0) is 5.41 Å². The van der Waals surface area contributed by atoms with E-state index >= 15 is 0 Å². The number of ether oxygens (including phenoxy) is 1. The molecule has 164 valence electrons. The van der Waals surface area contributed by atoms with Crippen LogP contribution in [0.4, 0.5) is 0 Å². The maximum Gasteiger partial charge on any atom is 0.119 e. The van der Waals surface area contributed by atoms with Crippen molar-refractivity contribution in [1.29, 1.82) is 0 Å². The summed E-state index contributed by atoms with van der Waals surface area (Å²) < 4.78 is 5.85. The Bertz CT molecular complexity index is 646. The third kappa shape index (κ3) is 6.21. The van der Waals surface area contributed by atoms with Gasteiger partial charge in [-0.25, -0.2) is 0 Å². The van der Waals surface area contributed by atoms with Gasteiger partial charge in [0.2, 0.25) is 0 Å². The topological polar surface area (TPSA) is 41.5 Å². The molecule has 2 N–H and O–H groups in total. The summed E-state index contributed by atoms with van der Waals surface area (Å²) in [4.78, 5) is 0. The predicted molar refractivity (Wildman–Crippen MR) is 121 cm³/mol. The van der Waals surface area contributed by atoms with E-state index in [1.54, 1.807) is 0 Å². The molecule has 2 aliphatic rings. The fraction of sp³-hybridized carbons (Fsp3) is 0.769. The molecule has 3 rings (SSSR count). The van der Waals surface area contributed by atoms with Gasteiger partial charge in [0.15, 0.2) is 0 Å². The van der Waals surface area contributed by atoms with Crippen LogP contribution in [0.25, 0.3) is 0 Å². The van der Waals surface area contributed by atoms with Crippen molar-refractivity contribution < 1.29 is 9.84 Å². The minimum Gasteiger partial charge on any atom is -0.491 e. The van der Waals surface area contributed by atoms with Crippen molar-refractivity contribution in [3.05, 3.63) is 29.8 Å². The number of nitrogens with one attached hydrogen (secondary N) is 1. The van der Waals surface area contributed by atoms with Gasteiger partial charge in [0.05, 0.1) is 0 Å². The molecule has 2 aliphatic carbocycles. The van der Waals surface area contributed by atoms with E-state index < -0.39 is 6.10 Å². The zero-order valence-electron chi connectivity index (χ0n) is 19.5. The Morgan fingerprint density at radius 1 is 1.07 bits per heavy atom. The molecule has 2 bridgehead atoms. The van der Waals surface area contributed by atoms with Crippen molar-refractivity contribution in [1.82, 2.24) is 5.32 Å². The van der Waals surface area contributed by atoms with Crippen molar-refractivity contribution in [2.24, 2.45) is 23.2 Å². The highest BCUT2D eigenvalue weighted by atomic mass is 16.5. The first-order chi connectivity index (χ1) is 13.5. The highest BCUT2D eigenvalue weighted by Crippen LogP contribution is 2.49. The third-order valence-electron chi connectivity index (χ3n) is 7.16. The lowest BCUT2D eigenvalue weighted by Gasteiger charge is -2.33. The quantitative estimate of drug-likeness (QED) is 0.570. The van der Waals surface area contributed by atoms with Crippen LogP contribution in [0.1, 0.15) is 79.2 Å². The molecule has 0 aromatic heterocycles. The summed E-state index contributed by atoms with van der Waals surface area (Å²) in [5, 5.41) is 13.9. The van der Waals surface area contributed by atoms with Gasteiger partial charge in [-0.05, 0) is 78.9 Å². The van der Waals surface area contributed by atoms with Gasteiger partial charge in [-0.3, -0.25) is 0 Å². The van der Waals surface area contributed by atoms with Crippen molar-refractivity contribution >= 4 is 0 Å². The van der Waals surface area contributed by atoms with Crippen LogP contribution in [-0.4, -0.2) is 30.4 Å². The van der Waals surface area contributed by atoms with Gasteiger partial charge in [0.1, 0.15) is 18.5 Å². The highest BCUT2D eigenvalue weighted by Gasteiger charge is 2.41. The molecule has 2 fully saturated rings. The Kier molecular flexibility index (Phi) is 7.00. The Morgan fingerprint density at radius 3 is 2.31 bits per heavy atom. The normalized spacial score (nSPS) is 26.5. The standard InChI is InChI=1S/C26H43NO2/c1-18(24-14-19-7-8-20(24)13-19)27-15-22(28)16-29-23-11-9-21(10-12-23)26(5,6)17-25(2,3)4/h9-12,18-20,22,24,27-28H,7-8,13-17H2,1-6H3/t18-,19-,20-,22-,24-/m0/s1. The predicted octanol–water partition coefficient (Wildman–Crippen LogP) is 5.55. The van der Waals surface area contributed by atoms with E-state index in [2.05, 4.69) is 59.0 Å². The molecule has 0 spiro atoms. The second-order valence-corrected chi connectivity index (χ2v) is 11.6. The van der Waals surface area contributed by atoms with E-state index in [0.717, 1.165) is 29.9 Å². The van der Waals surface area contributed by atoms with E-state index in [-0.39, 0.29) is 5.41 Å². The van der Waals surface area contributed by atoms with Gasteiger partial charge in [0, 0.05) is 12.6 Å². The molecule has 1 aromatic carbocycles. The van der Waals surface area contributed by atoms with Crippen molar-refractivity contribution in [2.45, 2.75) is 91.2 Å². The molecule has 0 unspecified atom stereocenters. The van der Waals surface area contributed by atoms with Crippen LogP contribution in [0.3, 0.4) is 0 Å². The highest BCUT2D eigenvalue weighted by molar-refractivity contribution is 5.31. The summed E-state index contributed by atoms with van der Waals surface area (Å²) in [7, 11) is 0. The van der Waals surface area contributed by atoms with Gasteiger partial charge >= 0.3 is 0 Å². The summed E-state index contributed by atoms with van der Waals surface area (Å²) in [5.74, 6) is 3.52. The largest absolute Gasteiger partial charge is 0.491 e. The lowest BCUT2D eigenvalue weighted by molar-refractivity contribution is 0.0993. The van der Waals surface area contributed by atoms with Gasteiger partial charge < -0.3 is 15.2 Å². The van der Waals surface area contributed by atoms with Gasteiger partial charge in [-0.15, -0.1) is 0 Å². The Morgan fingerprint density at radius 2 is 1.76 bits per heavy atom. The molecular formula is C26H43NO2. The van der Waals surface area contributed by atoms with E-state index in [1.807, 2.05) is 12.1 Å². The number of rotatable bonds is 9. The molecule has 5 atom stereocenters. The molecule has 3 heteroatoms. The number of hydrogen-bond donors (Lipinski definition) is 2. The van der Waals surface area contributed by atoms with Crippen molar-refractivity contribution in [2.75, 3.05) is 13.2 Å². The number of hydrogen-bond acceptors (Lipinski definition) is 3. The fourth-order valence-electron chi connectivity index (χ4n) is 6.06. The summed E-state index contributed by atoms with van der Waals surface area (Å²) in [5.41, 5.74) is 1.77. The first kappa shape index (κ1) is 22.6. The Balaban J connectivity index is 1.41. The summed E-state index contributed by atoms with van der Waals surface area (Å²) in [6.45, 7) is 14.7. The average molecular weight is 402 g/mol. The van der Waals surface area contributed by atoms with Crippen LogP contribution in [0.5, 0.6) is 5.75 Å². The molecule has 29 heavy (non-hydrogen) atoms. The van der Waals surface area contributed by atoms with Gasteiger partial charge in [0.25, 0.3) is 0 Å². The number of aliphatic hydroxyl groups is 1. The molecule has 0 radical (unpaired) electrons. The van der Waals surface area contributed by atoms with Crippen molar-refractivity contribution in [3.63, 3.8) is 0 Å². The molecule has 0 saturated heterocycles. The molecule has 0 amide bonds. The minimum absolute atomic E-state index is 0.135. The van der Waals surface area contributed by atoms with Gasteiger partial charge in [-0.2, -0.15) is 0 Å². The maximum atomic E-state index is 10.4. The zero-order chi connectivity index (χ0) is 21.2. The molecule has 3 nitrogen and oxygen atoms in total. The third-order valence-corrected chi connectivity index (χ3v) is 7.16. The molecule has 0 aliphatic heterocycles. The molecule has 2 saturated carbocycles. The summed E-state index contributed by atoms with van der Waals surface area (Å²) in [6, 6.07) is 8.91. The Labute approximate surface area is 178 Å². The second-order valence-electron chi connectivity index (χ2n) is 11.6. The van der Waals surface area contributed by atoms with Crippen LogP contribution in [0.15, 0.2) is 24.3 Å². The molecule has 1 aromatic rings. The van der Waals surface area contributed by atoms with Crippen LogP contribution in [0, 0.1) is 23.2 Å². The monoisotopic (exact) mass is 401 g/mol. The van der Waals surface area contributed by atoms with Crippen molar-refractivity contribution in [3.8, 4) is 5.75 Å². The van der Waals surface area contributed by atoms with Crippen LogP contribution < -0.4 is 10.1 Å². The van der Waals surface area contributed by atoms with Crippen LogP contribution >= 0.6 is 0 Å². The summed E-state index contributed by atoms with van der Waals surface area (Å²) in [6.07, 6.45) is 6.32. The van der Waals surface area contributed by atoms with E-state index in [1.165, 1.54) is 31.2 Å². The minimum atomic E-state index is -0.479. The molecule has 0 heterocycles. The second kappa shape index (κ2) is 8.98. The SMILES string of the molecule is C[C@H](NC[C@H](O)COc1ccc(C(C)(C)CC(C)(C)C)cc1)[C@@H]1C[C@H]2CC[C@H]1C2. The number of benzene rings is 1.